The van der Waals surface area contributed by atoms with Crippen molar-refractivity contribution < 1.29 is 0 Å². The van der Waals surface area contributed by atoms with E-state index >= 15 is 0 Å². The van der Waals surface area contributed by atoms with Crippen LogP contribution >= 0.6 is 11.3 Å². The Morgan fingerprint density at radius 1 is 0.293 bits per heavy atom. The number of rotatable bonds is 8. The van der Waals surface area contributed by atoms with Crippen molar-refractivity contribution in [2.45, 2.75) is 0 Å². The molecule has 0 aliphatic rings. The number of hydrogen-bond donors (Lipinski definition) is 0. The van der Waals surface area contributed by atoms with Gasteiger partial charge in [-0.2, -0.15) is 0 Å². The molecule has 0 saturated carbocycles. The van der Waals surface area contributed by atoms with Gasteiger partial charge >= 0.3 is 0 Å². The molecule has 0 amide bonds. The first-order valence-electron chi connectivity index (χ1n) is 19.7. The standard InChI is InChI=1S/C54H37N3S/c1-5-17-40(18-6-1)55(41-19-7-2-8-20-41)45-33-39(34-46(36-45)56(42-21-9-3-10-22-42)43-23-11-4-12-24-43)38-29-31-52-49(35-38)47-25-13-15-27-51(47)57(52)44-30-32-54-50(37-44)48-26-14-16-28-53(48)58-54/h1-37H. The predicted molar refractivity (Wildman–Crippen MR) is 248 cm³/mol. The molecular weight excluding hydrogens is 723 g/mol. The van der Waals surface area contributed by atoms with Gasteiger partial charge in [-0.15, -0.1) is 11.3 Å². The molecule has 0 spiro atoms. The SMILES string of the molecule is c1ccc(N(c2ccccc2)c2cc(-c3ccc4c(c3)c3ccccc3n4-c3ccc4sc5ccccc5c4c3)cc(N(c3ccccc3)c3ccccc3)c2)cc1. The first kappa shape index (κ1) is 33.9. The summed E-state index contributed by atoms with van der Waals surface area (Å²) in [5, 5.41) is 5.06. The number of fused-ring (bicyclic) bond motifs is 6. The van der Waals surface area contributed by atoms with E-state index < -0.39 is 0 Å². The smallest absolute Gasteiger partial charge is 0.0541 e. The van der Waals surface area contributed by atoms with E-state index in [0.29, 0.717) is 0 Å². The Morgan fingerprint density at radius 2 is 0.776 bits per heavy atom. The number of anilines is 6. The summed E-state index contributed by atoms with van der Waals surface area (Å²) < 4.78 is 5.06. The monoisotopic (exact) mass is 759 g/mol. The summed E-state index contributed by atoms with van der Waals surface area (Å²) in [5.41, 5.74) is 12.4. The highest BCUT2D eigenvalue weighted by atomic mass is 32.1. The zero-order valence-electron chi connectivity index (χ0n) is 31.6. The van der Waals surface area contributed by atoms with Crippen molar-refractivity contribution in [1.82, 2.24) is 4.57 Å². The highest BCUT2D eigenvalue weighted by Crippen LogP contribution is 2.44. The second kappa shape index (κ2) is 14.3. The Kier molecular flexibility index (Phi) is 8.34. The minimum absolute atomic E-state index is 1.07. The van der Waals surface area contributed by atoms with Crippen molar-refractivity contribution in [3.05, 3.63) is 224 Å². The van der Waals surface area contributed by atoms with Gasteiger partial charge in [-0.05, 0) is 120 Å². The van der Waals surface area contributed by atoms with Gasteiger partial charge in [0.2, 0.25) is 0 Å². The van der Waals surface area contributed by atoms with Crippen LogP contribution in [0.15, 0.2) is 224 Å². The van der Waals surface area contributed by atoms with Crippen LogP contribution in [-0.4, -0.2) is 4.57 Å². The van der Waals surface area contributed by atoms with Gasteiger partial charge in [0.25, 0.3) is 0 Å². The Hall–Kier alpha value is -7.40. The highest BCUT2D eigenvalue weighted by molar-refractivity contribution is 7.25. The molecule has 0 unspecified atom stereocenters. The van der Waals surface area contributed by atoms with E-state index in [1.54, 1.807) is 0 Å². The quantitative estimate of drug-likeness (QED) is 0.153. The summed E-state index contributed by atoms with van der Waals surface area (Å²) in [6.45, 7) is 0. The maximum Gasteiger partial charge on any atom is 0.0541 e. The molecule has 0 fully saturated rings. The Morgan fingerprint density at radius 3 is 1.36 bits per heavy atom. The lowest BCUT2D eigenvalue weighted by molar-refractivity contribution is 1.19. The van der Waals surface area contributed by atoms with Crippen LogP contribution in [0.1, 0.15) is 0 Å². The van der Waals surface area contributed by atoms with Gasteiger partial charge in [0, 0.05) is 70.8 Å². The molecule has 0 bridgehead atoms. The summed E-state index contributed by atoms with van der Waals surface area (Å²) in [6.07, 6.45) is 0. The fourth-order valence-electron chi connectivity index (χ4n) is 8.51. The Balaban J connectivity index is 1.14. The van der Waals surface area contributed by atoms with Crippen molar-refractivity contribution in [1.29, 1.82) is 0 Å². The number of thiophene rings is 1. The number of benzene rings is 9. The van der Waals surface area contributed by atoms with Gasteiger partial charge in [-0.3, -0.25) is 0 Å². The molecule has 11 aromatic rings. The third-order valence-electron chi connectivity index (χ3n) is 11.1. The van der Waals surface area contributed by atoms with E-state index in [9.17, 15) is 0 Å². The van der Waals surface area contributed by atoms with E-state index in [2.05, 4.69) is 239 Å². The fraction of sp³-hybridized carbons (Fsp3) is 0. The zero-order valence-corrected chi connectivity index (χ0v) is 32.4. The van der Waals surface area contributed by atoms with Crippen LogP contribution < -0.4 is 9.80 Å². The van der Waals surface area contributed by atoms with Crippen molar-refractivity contribution >= 4 is 87.4 Å². The minimum Gasteiger partial charge on any atom is -0.310 e. The van der Waals surface area contributed by atoms with Crippen LogP contribution in [0.5, 0.6) is 0 Å². The summed E-state index contributed by atoms with van der Waals surface area (Å²) in [5.74, 6) is 0. The van der Waals surface area contributed by atoms with Crippen LogP contribution in [-0.2, 0) is 0 Å². The molecule has 4 heteroatoms. The molecule has 0 saturated heterocycles. The Bertz CT molecular complexity index is 3040. The van der Waals surface area contributed by atoms with Crippen molar-refractivity contribution in [2.24, 2.45) is 0 Å². The van der Waals surface area contributed by atoms with E-state index in [1.165, 1.54) is 47.7 Å². The van der Waals surface area contributed by atoms with Crippen LogP contribution in [0, 0.1) is 0 Å². The molecule has 58 heavy (non-hydrogen) atoms. The van der Waals surface area contributed by atoms with Gasteiger partial charge in [-0.25, -0.2) is 0 Å². The molecule has 9 aromatic carbocycles. The summed E-state index contributed by atoms with van der Waals surface area (Å²) in [4.78, 5) is 4.71. The van der Waals surface area contributed by atoms with Gasteiger partial charge in [0.15, 0.2) is 0 Å². The summed E-state index contributed by atoms with van der Waals surface area (Å²) in [6, 6.07) is 81.1. The fourth-order valence-corrected chi connectivity index (χ4v) is 9.59. The lowest BCUT2D eigenvalue weighted by Gasteiger charge is -2.30. The second-order valence-electron chi connectivity index (χ2n) is 14.6. The second-order valence-corrected chi connectivity index (χ2v) is 15.7. The van der Waals surface area contributed by atoms with Crippen molar-refractivity contribution in [3.63, 3.8) is 0 Å². The van der Waals surface area contributed by atoms with Gasteiger partial charge < -0.3 is 14.4 Å². The molecular formula is C54H37N3S. The van der Waals surface area contributed by atoms with Gasteiger partial charge in [-0.1, -0.05) is 115 Å². The maximum absolute atomic E-state index is 2.43. The Labute approximate surface area is 341 Å². The molecule has 2 aromatic heterocycles. The lowest BCUT2D eigenvalue weighted by atomic mass is 10.00. The van der Waals surface area contributed by atoms with Crippen LogP contribution in [0.25, 0.3) is 58.8 Å². The molecule has 274 valence electrons. The number of aromatic nitrogens is 1. The number of hydrogen-bond acceptors (Lipinski definition) is 3. The van der Waals surface area contributed by atoms with E-state index in [-0.39, 0.29) is 0 Å². The van der Waals surface area contributed by atoms with Crippen LogP contribution in [0.2, 0.25) is 0 Å². The maximum atomic E-state index is 2.43. The van der Waals surface area contributed by atoms with Crippen molar-refractivity contribution in [3.8, 4) is 16.8 Å². The zero-order chi connectivity index (χ0) is 38.4. The molecule has 0 radical (unpaired) electrons. The largest absolute Gasteiger partial charge is 0.310 e. The van der Waals surface area contributed by atoms with Crippen LogP contribution in [0.3, 0.4) is 0 Å². The molecule has 11 rings (SSSR count). The van der Waals surface area contributed by atoms with Gasteiger partial charge in [0.05, 0.1) is 11.0 Å². The number of para-hydroxylation sites is 5. The van der Waals surface area contributed by atoms with E-state index in [1.807, 2.05) is 11.3 Å². The van der Waals surface area contributed by atoms with E-state index in [0.717, 1.165) is 45.3 Å². The highest BCUT2D eigenvalue weighted by Gasteiger charge is 2.20. The molecule has 0 N–H and O–H groups in total. The predicted octanol–water partition coefficient (Wildman–Crippen LogP) is 15.8. The van der Waals surface area contributed by atoms with Crippen LogP contribution in [0.4, 0.5) is 34.1 Å². The molecule has 0 aliphatic heterocycles. The average Bonchev–Trinajstić information content (AvgIpc) is 3.83. The van der Waals surface area contributed by atoms with E-state index in [4.69, 9.17) is 0 Å². The first-order valence-corrected chi connectivity index (χ1v) is 20.5. The summed E-state index contributed by atoms with van der Waals surface area (Å²) in [7, 11) is 0. The molecule has 0 aliphatic carbocycles. The number of nitrogens with zero attached hydrogens (tertiary/aromatic N) is 3. The van der Waals surface area contributed by atoms with Crippen molar-refractivity contribution in [2.75, 3.05) is 9.80 Å². The molecule has 2 heterocycles. The topological polar surface area (TPSA) is 11.4 Å². The summed E-state index contributed by atoms with van der Waals surface area (Å²) >= 11 is 1.86. The third-order valence-corrected chi connectivity index (χ3v) is 12.3. The normalized spacial score (nSPS) is 11.4. The third kappa shape index (κ3) is 5.90. The minimum atomic E-state index is 1.07. The van der Waals surface area contributed by atoms with Gasteiger partial charge in [0.1, 0.15) is 0 Å². The first-order chi connectivity index (χ1) is 28.8. The molecule has 3 nitrogen and oxygen atoms in total. The lowest BCUT2D eigenvalue weighted by Crippen LogP contribution is -2.13. The molecule has 0 atom stereocenters. The average molecular weight is 760 g/mol.